The van der Waals surface area contributed by atoms with Crippen molar-refractivity contribution in [2.45, 2.75) is 13.0 Å². The summed E-state index contributed by atoms with van der Waals surface area (Å²) in [5, 5.41) is 3.81. The first-order chi connectivity index (χ1) is 6.68. The standard InChI is InChI=1S/C8H11N5O/c1-5(9)8-11-7(12-14-8)6-3-10-4-13(6)2/h3-5H,9H2,1-2H3. The van der Waals surface area contributed by atoms with Crippen molar-refractivity contribution in [2.24, 2.45) is 12.8 Å². The van der Waals surface area contributed by atoms with E-state index in [-0.39, 0.29) is 6.04 Å². The fourth-order valence-corrected chi connectivity index (χ4v) is 1.10. The first kappa shape index (κ1) is 8.89. The highest BCUT2D eigenvalue weighted by atomic mass is 16.5. The van der Waals surface area contributed by atoms with Gasteiger partial charge in [-0.1, -0.05) is 5.16 Å². The highest BCUT2D eigenvalue weighted by Crippen LogP contribution is 2.15. The van der Waals surface area contributed by atoms with Gasteiger partial charge in [0.15, 0.2) is 0 Å². The van der Waals surface area contributed by atoms with Gasteiger partial charge in [0.2, 0.25) is 11.7 Å². The summed E-state index contributed by atoms with van der Waals surface area (Å²) < 4.78 is 6.79. The molecule has 1 unspecified atom stereocenters. The van der Waals surface area contributed by atoms with Crippen molar-refractivity contribution >= 4 is 0 Å². The van der Waals surface area contributed by atoms with Gasteiger partial charge in [-0.25, -0.2) is 4.98 Å². The molecule has 0 radical (unpaired) electrons. The smallest absolute Gasteiger partial charge is 0.243 e. The van der Waals surface area contributed by atoms with Crippen molar-refractivity contribution in [2.75, 3.05) is 0 Å². The maximum Gasteiger partial charge on any atom is 0.243 e. The molecular formula is C8H11N5O. The second-order valence-electron chi connectivity index (χ2n) is 3.13. The number of hydrogen-bond acceptors (Lipinski definition) is 5. The monoisotopic (exact) mass is 193 g/mol. The van der Waals surface area contributed by atoms with Crippen molar-refractivity contribution in [1.82, 2.24) is 19.7 Å². The number of hydrogen-bond donors (Lipinski definition) is 1. The summed E-state index contributed by atoms with van der Waals surface area (Å²) >= 11 is 0. The number of aromatic nitrogens is 4. The van der Waals surface area contributed by atoms with Crippen molar-refractivity contribution < 1.29 is 4.52 Å². The fraction of sp³-hybridized carbons (Fsp3) is 0.375. The SMILES string of the molecule is CC(N)c1nc(-c2cncn2C)no1. The Hall–Kier alpha value is -1.69. The minimum absolute atomic E-state index is 0.246. The number of nitrogens with zero attached hydrogens (tertiary/aromatic N) is 4. The van der Waals surface area contributed by atoms with Crippen LogP contribution in [0, 0.1) is 0 Å². The average Bonchev–Trinajstić information content (AvgIpc) is 2.71. The van der Waals surface area contributed by atoms with Crippen LogP contribution in [0.25, 0.3) is 11.5 Å². The summed E-state index contributed by atoms with van der Waals surface area (Å²) in [6.45, 7) is 1.79. The second kappa shape index (κ2) is 3.22. The molecule has 2 heterocycles. The topological polar surface area (TPSA) is 82.8 Å². The highest BCUT2D eigenvalue weighted by Gasteiger charge is 2.13. The third-order valence-corrected chi connectivity index (χ3v) is 1.88. The minimum atomic E-state index is -0.246. The van der Waals surface area contributed by atoms with Crippen LogP contribution in [-0.2, 0) is 7.05 Å². The molecule has 14 heavy (non-hydrogen) atoms. The molecule has 6 heteroatoms. The van der Waals surface area contributed by atoms with Crippen LogP contribution in [0.3, 0.4) is 0 Å². The van der Waals surface area contributed by atoms with Gasteiger partial charge in [0, 0.05) is 7.05 Å². The van der Waals surface area contributed by atoms with Crippen LogP contribution < -0.4 is 5.73 Å². The third kappa shape index (κ3) is 1.39. The molecule has 0 bridgehead atoms. The van der Waals surface area contributed by atoms with E-state index in [1.165, 1.54) is 0 Å². The van der Waals surface area contributed by atoms with E-state index in [2.05, 4.69) is 15.1 Å². The molecule has 2 rings (SSSR count). The molecule has 0 aliphatic carbocycles. The Labute approximate surface area is 80.7 Å². The zero-order valence-electron chi connectivity index (χ0n) is 8.01. The third-order valence-electron chi connectivity index (χ3n) is 1.88. The summed E-state index contributed by atoms with van der Waals surface area (Å²) in [4.78, 5) is 8.11. The van der Waals surface area contributed by atoms with E-state index in [4.69, 9.17) is 10.3 Å². The zero-order valence-corrected chi connectivity index (χ0v) is 8.01. The average molecular weight is 193 g/mol. The molecule has 74 valence electrons. The van der Waals surface area contributed by atoms with Crippen LogP contribution >= 0.6 is 0 Å². The molecule has 1 atom stereocenters. The quantitative estimate of drug-likeness (QED) is 0.750. The van der Waals surface area contributed by atoms with Crippen molar-refractivity contribution in [3.05, 3.63) is 18.4 Å². The van der Waals surface area contributed by atoms with E-state index in [0.29, 0.717) is 11.7 Å². The Bertz CT molecular complexity index is 430. The summed E-state index contributed by atoms with van der Waals surface area (Å²) in [6, 6.07) is -0.246. The predicted octanol–water partition coefficient (Wildman–Crippen LogP) is 0.490. The van der Waals surface area contributed by atoms with Crippen LogP contribution in [0.5, 0.6) is 0 Å². The maximum absolute atomic E-state index is 5.60. The molecule has 0 fully saturated rings. The predicted molar refractivity (Wildman–Crippen MR) is 49.1 cm³/mol. The van der Waals surface area contributed by atoms with Crippen LogP contribution in [0.4, 0.5) is 0 Å². The highest BCUT2D eigenvalue weighted by molar-refractivity contribution is 5.47. The molecule has 0 aromatic carbocycles. The largest absolute Gasteiger partial charge is 0.337 e. The number of aryl methyl sites for hydroxylation is 1. The first-order valence-corrected chi connectivity index (χ1v) is 4.24. The van der Waals surface area contributed by atoms with Gasteiger partial charge in [-0.15, -0.1) is 0 Å². The van der Waals surface area contributed by atoms with E-state index in [1.807, 2.05) is 11.6 Å². The van der Waals surface area contributed by atoms with E-state index >= 15 is 0 Å². The fourth-order valence-electron chi connectivity index (χ4n) is 1.10. The molecule has 2 N–H and O–H groups in total. The molecule has 6 nitrogen and oxygen atoms in total. The van der Waals surface area contributed by atoms with Crippen LogP contribution in [-0.4, -0.2) is 19.7 Å². The molecule has 2 aromatic heterocycles. The Balaban J connectivity index is 2.39. The number of imidazole rings is 1. The lowest BCUT2D eigenvalue weighted by Gasteiger charge is -1.94. The van der Waals surface area contributed by atoms with Gasteiger partial charge in [0.05, 0.1) is 18.6 Å². The first-order valence-electron chi connectivity index (χ1n) is 4.24. The van der Waals surface area contributed by atoms with Crippen LogP contribution in [0.15, 0.2) is 17.0 Å². The number of nitrogens with two attached hydrogens (primary N) is 1. The molecule has 0 spiro atoms. The summed E-state index contributed by atoms with van der Waals surface area (Å²) in [5.41, 5.74) is 6.41. The van der Waals surface area contributed by atoms with Gasteiger partial charge in [0.25, 0.3) is 0 Å². The van der Waals surface area contributed by atoms with Crippen molar-refractivity contribution in [1.29, 1.82) is 0 Å². The van der Waals surface area contributed by atoms with Gasteiger partial charge in [0.1, 0.15) is 5.69 Å². The van der Waals surface area contributed by atoms with Crippen LogP contribution in [0.1, 0.15) is 18.9 Å². The van der Waals surface area contributed by atoms with Gasteiger partial charge < -0.3 is 14.8 Å². The Morgan fingerprint density at radius 3 is 2.86 bits per heavy atom. The Morgan fingerprint density at radius 1 is 1.57 bits per heavy atom. The van der Waals surface area contributed by atoms with E-state index in [1.54, 1.807) is 19.4 Å². The minimum Gasteiger partial charge on any atom is -0.337 e. The molecule has 0 aliphatic rings. The lowest BCUT2D eigenvalue weighted by atomic mass is 10.3. The molecule has 0 aliphatic heterocycles. The van der Waals surface area contributed by atoms with Gasteiger partial charge in [-0.2, -0.15) is 4.98 Å². The van der Waals surface area contributed by atoms with Crippen molar-refractivity contribution in [3.8, 4) is 11.5 Å². The lowest BCUT2D eigenvalue weighted by Crippen LogP contribution is -2.05. The lowest BCUT2D eigenvalue weighted by molar-refractivity contribution is 0.362. The maximum atomic E-state index is 5.60. The van der Waals surface area contributed by atoms with E-state index < -0.39 is 0 Å². The molecular weight excluding hydrogens is 182 g/mol. The second-order valence-corrected chi connectivity index (χ2v) is 3.13. The molecule has 0 saturated heterocycles. The Kier molecular flexibility index (Phi) is 2.05. The van der Waals surface area contributed by atoms with Gasteiger partial charge in [-0.3, -0.25) is 0 Å². The van der Waals surface area contributed by atoms with Crippen molar-refractivity contribution in [3.63, 3.8) is 0 Å². The Morgan fingerprint density at radius 2 is 2.36 bits per heavy atom. The summed E-state index contributed by atoms with van der Waals surface area (Å²) in [6.07, 6.45) is 3.35. The number of rotatable bonds is 2. The summed E-state index contributed by atoms with van der Waals surface area (Å²) in [5.74, 6) is 0.943. The molecule has 2 aromatic rings. The van der Waals surface area contributed by atoms with Gasteiger partial charge >= 0.3 is 0 Å². The van der Waals surface area contributed by atoms with Gasteiger partial charge in [-0.05, 0) is 6.92 Å². The zero-order chi connectivity index (χ0) is 10.1. The van der Waals surface area contributed by atoms with E-state index in [9.17, 15) is 0 Å². The normalized spacial score (nSPS) is 13.1. The molecule has 0 saturated carbocycles. The van der Waals surface area contributed by atoms with E-state index in [0.717, 1.165) is 5.69 Å². The molecule has 0 amide bonds. The van der Waals surface area contributed by atoms with Crippen LogP contribution in [0.2, 0.25) is 0 Å². The summed E-state index contributed by atoms with van der Waals surface area (Å²) in [7, 11) is 1.87.